The molecule has 3 heteroatoms. The molecule has 0 aromatic rings. The predicted molar refractivity (Wildman–Crippen MR) is 42.9 cm³/mol. The maximum absolute atomic E-state index is 10.6. The van der Waals surface area contributed by atoms with Crippen molar-refractivity contribution in [2.24, 2.45) is 0 Å². The van der Waals surface area contributed by atoms with Crippen LogP contribution in [0.3, 0.4) is 0 Å². The number of carbonyl (C=O) groups is 1. The molecule has 0 atom stereocenters. The Labute approximate surface area is 66.4 Å². The van der Waals surface area contributed by atoms with Crippen molar-refractivity contribution >= 4 is 18.6 Å². The molecule has 0 N–H and O–H groups in total. The van der Waals surface area contributed by atoms with E-state index in [1.54, 1.807) is 6.92 Å². The SMILES string of the molecule is CC#CCC(=O)OCCS. The lowest BCUT2D eigenvalue weighted by molar-refractivity contribution is -0.141. The summed E-state index contributed by atoms with van der Waals surface area (Å²) in [5.74, 6) is 5.50. The summed E-state index contributed by atoms with van der Waals surface area (Å²) < 4.78 is 4.68. The van der Waals surface area contributed by atoms with Crippen molar-refractivity contribution in [3.05, 3.63) is 0 Å². The van der Waals surface area contributed by atoms with E-state index in [2.05, 4.69) is 29.2 Å². The molecule has 0 fully saturated rings. The van der Waals surface area contributed by atoms with E-state index in [-0.39, 0.29) is 12.4 Å². The fraction of sp³-hybridized carbons (Fsp3) is 0.571. The average molecular weight is 158 g/mol. The molecule has 0 aliphatic carbocycles. The highest BCUT2D eigenvalue weighted by Gasteiger charge is 1.96. The Morgan fingerprint density at radius 1 is 1.70 bits per heavy atom. The molecule has 56 valence electrons. The smallest absolute Gasteiger partial charge is 0.317 e. The van der Waals surface area contributed by atoms with Crippen molar-refractivity contribution in [1.29, 1.82) is 0 Å². The zero-order chi connectivity index (χ0) is 7.82. The molecule has 0 aromatic carbocycles. The van der Waals surface area contributed by atoms with Crippen LogP contribution in [-0.4, -0.2) is 18.3 Å². The van der Waals surface area contributed by atoms with Gasteiger partial charge in [0.2, 0.25) is 0 Å². The van der Waals surface area contributed by atoms with E-state index >= 15 is 0 Å². The van der Waals surface area contributed by atoms with Crippen LogP contribution in [0, 0.1) is 11.8 Å². The van der Waals surface area contributed by atoms with Crippen LogP contribution in [0.1, 0.15) is 13.3 Å². The van der Waals surface area contributed by atoms with Crippen LogP contribution in [0.25, 0.3) is 0 Å². The monoisotopic (exact) mass is 158 g/mol. The number of thiol groups is 1. The number of rotatable bonds is 3. The summed E-state index contributed by atoms with van der Waals surface area (Å²) in [4.78, 5) is 10.6. The third kappa shape index (κ3) is 5.52. The topological polar surface area (TPSA) is 26.3 Å². The number of hydrogen-bond acceptors (Lipinski definition) is 3. The van der Waals surface area contributed by atoms with E-state index < -0.39 is 0 Å². The third-order valence-electron chi connectivity index (χ3n) is 0.764. The van der Waals surface area contributed by atoms with Gasteiger partial charge >= 0.3 is 5.97 Å². The molecule has 0 heterocycles. The number of ether oxygens (including phenoxy) is 1. The summed E-state index contributed by atoms with van der Waals surface area (Å²) in [6, 6.07) is 0. The van der Waals surface area contributed by atoms with E-state index in [0.717, 1.165) is 0 Å². The first-order valence-corrected chi connectivity index (χ1v) is 3.60. The Bertz CT molecular complexity index is 155. The molecule has 0 aliphatic heterocycles. The summed E-state index contributed by atoms with van der Waals surface area (Å²) in [6.45, 7) is 2.05. The van der Waals surface area contributed by atoms with Gasteiger partial charge in [-0.2, -0.15) is 12.6 Å². The zero-order valence-corrected chi connectivity index (χ0v) is 6.78. The highest BCUT2D eigenvalue weighted by molar-refractivity contribution is 7.80. The van der Waals surface area contributed by atoms with Gasteiger partial charge in [0.1, 0.15) is 13.0 Å². The van der Waals surface area contributed by atoms with Gasteiger partial charge in [-0.1, -0.05) is 5.92 Å². The largest absolute Gasteiger partial charge is 0.464 e. The minimum atomic E-state index is -0.275. The molecule has 0 radical (unpaired) electrons. The summed E-state index contributed by atoms with van der Waals surface area (Å²) in [6.07, 6.45) is 0.185. The van der Waals surface area contributed by atoms with Gasteiger partial charge in [0.05, 0.1) is 0 Å². The van der Waals surface area contributed by atoms with Crippen LogP contribution in [0.4, 0.5) is 0 Å². The number of carbonyl (C=O) groups excluding carboxylic acids is 1. The van der Waals surface area contributed by atoms with Gasteiger partial charge in [-0.3, -0.25) is 4.79 Å². The second-order valence-corrected chi connectivity index (χ2v) is 1.99. The van der Waals surface area contributed by atoms with Crippen LogP contribution in [0.15, 0.2) is 0 Å². The molecule has 0 rings (SSSR count). The maximum Gasteiger partial charge on any atom is 0.317 e. The van der Waals surface area contributed by atoms with E-state index in [9.17, 15) is 4.79 Å². The lowest BCUT2D eigenvalue weighted by Gasteiger charge is -1.96. The van der Waals surface area contributed by atoms with E-state index in [1.165, 1.54) is 0 Å². The van der Waals surface area contributed by atoms with Gasteiger partial charge in [-0.15, -0.1) is 5.92 Å². The molecule has 0 aliphatic rings. The van der Waals surface area contributed by atoms with Crippen LogP contribution in [0.2, 0.25) is 0 Å². The molecular formula is C7H10O2S. The van der Waals surface area contributed by atoms with Gasteiger partial charge < -0.3 is 4.74 Å². The molecule has 0 spiro atoms. The quantitative estimate of drug-likeness (QED) is 0.375. The minimum absolute atomic E-state index is 0.185. The summed E-state index contributed by atoms with van der Waals surface area (Å²) >= 11 is 3.87. The summed E-state index contributed by atoms with van der Waals surface area (Å²) in [5.41, 5.74) is 0. The molecule has 2 nitrogen and oxygen atoms in total. The highest BCUT2D eigenvalue weighted by Crippen LogP contribution is 1.85. The second-order valence-electron chi connectivity index (χ2n) is 1.55. The van der Waals surface area contributed by atoms with Crippen molar-refractivity contribution < 1.29 is 9.53 Å². The minimum Gasteiger partial charge on any atom is -0.464 e. The molecule has 0 unspecified atom stereocenters. The standard InChI is InChI=1S/C7H10O2S/c1-2-3-4-7(8)9-5-6-10/h10H,4-6H2,1H3. The molecule has 10 heavy (non-hydrogen) atoms. The Morgan fingerprint density at radius 3 is 2.90 bits per heavy atom. The molecule has 0 aromatic heterocycles. The van der Waals surface area contributed by atoms with E-state index in [1.807, 2.05) is 0 Å². The predicted octanol–water partition coefficient (Wildman–Crippen LogP) is 0.873. The highest BCUT2D eigenvalue weighted by atomic mass is 32.1. The first-order chi connectivity index (χ1) is 4.81. The first-order valence-electron chi connectivity index (χ1n) is 2.97. The van der Waals surface area contributed by atoms with Crippen LogP contribution >= 0.6 is 12.6 Å². The number of hydrogen-bond donors (Lipinski definition) is 1. The van der Waals surface area contributed by atoms with Gasteiger partial charge in [0, 0.05) is 5.75 Å². The summed E-state index contributed by atoms with van der Waals surface area (Å²) in [5, 5.41) is 0. The van der Waals surface area contributed by atoms with Gasteiger partial charge in [-0.25, -0.2) is 0 Å². The third-order valence-corrected chi connectivity index (χ3v) is 0.946. The first kappa shape index (κ1) is 9.38. The molecule has 0 saturated heterocycles. The Kier molecular flexibility index (Phi) is 6.10. The normalized spacial score (nSPS) is 7.80. The van der Waals surface area contributed by atoms with Gasteiger partial charge in [0.15, 0.2) is 0 Å². The number of esters is 1. The van der Waals surface area contributed by atoms with Crippen LogP contribution in [-0.2, 0) is 9.53 Å². The van der Waals surface area contributed by atoms with Crippen molar-refractivity contribution in [3.8, 4) is 11.8 Å². The second kappa shape index (κ2) is 6.50. The van der Waals surface area contributed by atoms with E-state index in [0.29, 0.717) is 12.4 Å². The maximum atomic E-state index is 10.6. The van der Waals surface area contributed by atoms with Crippen molar-refractivity contribution in [2.75, 3.05) is 12.4 Å². The van der Waals surface area contributed by atoms with E-state index in [4.69, 9.17) is 0 Å². The van der Waals surface area contributed by atoms with Crippen molar-refractivity contribution in [1.82, 2.24) is 0 Å². The zero-order valence-electron chi connectivity index (χ0n) is 5.89. The fourth-order valence-corrected chi connectivity index (χ4v) is 0.462. The lowest BCUT2D eigenvalue weighted by atomic mass is 10.4. The van der Waals surface area contributed by atoms with Crippen molar-refractivity contribution in [3.63, 3.8) is 0 Å². The lowest BCUT2D eigenvalue weighted by Crippen LogP contribution is -2.04. The molecule has 0 bridgehead atoms. The van der Waals surface area contributed by atoms with Gasteiger partial charge in [-0.05, 0) is 6.92 Å². The van der Waals surface area contributed by atoms with Crippen LogP contribution < -0.4 is 0 Å². The molecule has 0 saturated carbocycles. The average Bonchev–Trinajstić information content (AvgIpc) is 1.97. The van der Waals surface area contributed by atoms with Crippen LogP contribution in [0.5, 0.6) is 0 Å². The molecular weight excluding hydrogens is 148 g/mol. The Balaban J connectivity index is 3.31. The van der Waals surface area contributed by atoms with Gasteiger partial charge in [0.25, 0.3) is 0 Å². The fourth-order valence-electron chi connectivity index (χ4n) is 0.371. The Hall–Kier alpha value is -0.620. The summed E-state index contributed by atoms with van der Waals surface area (Å²) in [7, 11) is 0. The van der Waals surface area contributed by atoms with Crippen molar-refractivity contribution in [2.45, 2.75) is 13.3 Å². The Morgan fingerprint density at radius 2 is 2.40 bits per heavy atom. The molecule has 0 amide bonds.